The Bertz CT molecular complexity index is 1320. The van der Waals surface area contributed by atoms with Crippen LogP contribution in [0.15, 0.2) is 47.6 Å². The van der Waals surface area contributed by atoms with Gasteiger partial charge < -0.3 is 14.0 Å². The molecule has 1 atom stereocenters. The zero-order valence-electron chi connectivity index (χ0n) is 21.2. The number of nitrogens with zero attached hydrogens (tertiary/aromatic N) is 4. The van der Waals surface area contributed by atoms with Gasteiger partial charge in [0, 0.05) is 12.7 Å². The fourth-order valence-corrected chi connectivity index (χ4v) is 5.49. The Morgan fingerprint density at radius 3 is 2.44 bits per heavy atom. The second-order valence-corrected chi connectivity index (χ2v) is 10.7. The van der Waals surface area contributed by atoms with E-state index in [-0.39, 0.29) is 23.8 Å². The number of esters is 2. The quantitative estimate of drug-likeness (QED) is 0.357. The van der Waals surface area contributed by atoms with Crippen molar-refractivity contribution in [3.8, 4) is 0 Å². The van der Waals surface area contributed by atoms with Crippen LogP contribution in [-0.2, 0) is 35.6 Å². The van der Waals surface area contributed by atoms with Crippen LogP contribution in [-0.4, -0.2) is 65.5 Å². The first kappa shape index (κ1) is 27.3. The van der Waals surface area contributed by atoms with Gasteiger partial charge in [-0.25, -0.2) is 13.4 Å². The molecule has 3 aromatic rings. The number of aryl methyl sites for hydroxylation is 1. The van der Waals surface area contributed by atoms with E-state index in [2.05, 4.69) is 9.97 Å². The molecule has 11 heteroatoms. The monoisotopic (exact) mass is 516 g/mol. The first-order chi connectivity index (χ1) is 17.1. The molecule has 0 bridgehead atoms. The molecule has 0 fully saturated rings. The lowest BCUT2D eigenvalue weighted by Gasteiger charge is -2.29. The van der Waals surface area contributed by atoms with Crippen LogP contribution in [0, 0.1) is 12.8 Å². The fraction of sp³-hybridized carbons (Fsp3) is 0.440. The number of carbonyl (C=O) groups is 2. The van der Waals surface area contributed by atoms with Gasteiger partial charge in [0.1, 0.15) is 23.9 Å². The number of hydrogen-bond donors (Lipinski definition) is 0. The van der Waals surface area contributed by atoms with E-state index in [0.29, 0.717) is 6.54 Å². The Hall–Kier alpha value is -3.31. The highest BCUT2D eigenvalue weighted by atomic mass is 32.2. The number of ether oxygens (including phenoxy) is 2. The molecular weight excluding hydrogens is 484 g/mol. The zero-order chi connectivity index (χ0) is 26.5. The van der Waals surface area contributed by atoms with Gasteiger partial charge in [0.15, 0.2) is 0 Å². The topological polar surface area (TPSA) is 121 Å². The second kappa shape index (κ2) is 11.6. The highest BCUT2D eigenvalue weighted by Crippen LogP contribution is 2.24. The van der Waals surface area contributed by atoms with Crippen LogP contribution in [0.4, 0.5) is 0 Å². The predicted octanol–water partition coefficient (Wildman–Crippen LogP) is 2.93. The van der Waals surface area contributed by atoms with Gasteiger partial charge in [-0.05, 0) is 49.9 Å². The largest absolute Gasteiger partial charge is 0.468 e. The lowest BCUT2D eigenvalue weighted by molar-refractivity contribution is -0.150. The van der Waals surface area contributed by atoms with Crippen LogP contribution < -0.4 is 0 Å². The summed E-state index contributed by atoms with van der Waals surface area (Å²) in [4.78, 5) is 33.5. The number of rotatable bonds is 11. The van der Waals surface area contributed by atoms with E-state index in [9.17, 15) is 18.0 Å². The summed E-state index contributed by atoms with van der Waals surface area (Å²) >= 11 is 0. The predicted molar refractivity (Wildman–Crippen MR) is 134 cm³/mol. The second-order valence-electron chi connectivity index (χ2n) is 8.78. The summed E-state index contributed by atoms with van der Waals surface area (Å²) in [7, 11) is -3.06. The highest BCUT2D eigenvalue weighted by molar-refractivity contribution is 7.89. The van der Waals surface area contributed by atoms with E-state index in [1.54, 1.807) is 31.5 Å². The normalized spacial score (nSPS) is 12.8. The minimum Gasteiger partial charge on any atom is -0.468 e. The molecule has 0 aliphatic rings. The Kier molecular flexibility index (Phi) is 8.80. The molecule has 0 aliphatic heterocycles. The van der Waals surface area contributed by atoms with Crippen LogP contribution >= 0.6 is 0 Å². The standard InChI is InChI=1S/C25H32N4O6S/c1-6-35-25(31)23(13-17(2)3)29(16-24(30)34-5)36(32,33)20-9-7-19(8-10-20)15-28-18(4)27-21-14-26-12-11-22(21)28/h7-12,14,17,23H,6,13,15-16H2,1-5H3/t23-/m0/s1. The van der Waals surface area contributed by atoms with Crippen molar-refractivity contribution in [1.29, 1.82) is 0 Å². The molecule has 0 amide bonds. The van der Waals surface area contributed by atoms with E-state index < -0.39 is 34.5 Å². The highest BCUT2D eigenvalue weighted by Gasteiger charge is 2.39. The van der Waals surface area contributed by atoms with Crippen LogP contribution in [0.1, 0.15) is 38.6 Å². The number of fused-ring (bicyclic) bond motifs is 1. The van der Waals surface area contributed by atoms with Crippen LogP contribution in [0.2, 0.25) is 0 Å². The van der Waals surface area contributed by atoms with Crippen molar-refractivity contribution in [2.45, 2.75) is 51.6 Å². The van der Waals surface area contributed by atoms with Gasteiger partial charge in [0.25, 0.3) is 0 Å². The molecule has 36 heavy (non-hydrogen) atoms. The SMILES string of the molecule is CCOC(=O)[C@H](CC(C)C)N(CC(=O)OC)S(=O)(=O)c1ccc(Cn2c(C)nc3cnccc32)cc1. The van der Waals surface area contributed by atoms with Crippen LogP contribution in [0.25, 0.3) is 11.0 Å². The number of aromatic nitrogens is 3. The third-order valence-electron chi connectivity index (χ3n) is 5.73. The van der Waals surface area contributed by atoms with Gasteiger partial charge in [0.2, 0.25) is 10.0 Å². The molecule has 194 valence electrons. The van der Waals surface area contributed by atoms with Gasteiger partial charge in [-0.3, -0.25) is 14.6 Å². The van der Waals surface area contributed by atoms with Crippen LogP contribution in [0.5, 0.6) is 0 Å². The summed E-state index contributed by atoms with van der Waals surface area (Å²) < 4.78 is 40.1. The maximum absolute atomic E-state index is 13.7. The lowest BCUT2D eigenvalue weighted by atomic mass is 10.0. The number of hydrogen-bond acceptors (Lipinski definition) is 8. The summed E-state index contributed by atoms with van der Waals surface area (Å²) in [6, 6.07) is 7.07. The molecule has 0 saturated heterocycles. The molecule has 2 aromatic heterocycles. The number of benzene rings is 1. The fourth-order valence-electron chi connectivity index (χ4n) is 3.96. The first-order valence-electron chi connectivity index (χ1n) is 11.7. The molecule has 0 aliphatic carbocycles. The molecule has 10 nitrogen and oxygen atoms in total. The molecule has 2 heterocycles. The van der Waals surface area contributed by atoms with E-state index in [4.69, 9.17) is 9.47 Å². The van der Waals surface area contributed by atoms with Crippen molar-refractivity contribution in [1.82, 2.24) is 18.8 Å². The Morgan fingerprint density at radius 1 is 1.14 bits per heavy atom. The van der Waals surface area contributed by atoms with E-state index >= 15 is 0 Å². The van der Waals surface area contributed by atoms with Gasteiger partial charge in [-0.15, -0.1) is 0 Å². The number of imidazole rings is 1. The van der Waals surface area contributed by atoms with Gasteiger partial charge in [0.05, 0.1) is 30.3 Å². The van der Waals surface area contributed by atoms with Crippen LogP contribution in [0.3, 0.4) is 0 Å². The molecule has 0 N–H and O–H groups in total. The third-order valence-corrected chi connectivity index (χ3v) is 7.59. The van der Waals surface area contributed by atoms with Crippen molar-refractivity contribution >= 4 is 33.0 Å². The van der Waals surface area contributed by atoms with Crippen molar-refractivity contribution in [2.75, 3.05) is 20.3 Å². The Labute approximate surface area is 211 Å². The summed E-state index contributed by atoms with van der Waals surface area (Å²) in [6.45, 7) is 7.23. The van der Waals surface area contributed by atoms with Crippen molar-refractivity contribution in [2.24, 2.45) is 5.92 Å². The summed E-state index contributed by atoms with van der Waals surface area (Å²) in [6.07, 6.45) is 3.58. The number of sulfonamides is 1. The summed E-state index contributed by atoms with van der Waals surface area (Å²) in [5.41, 5.74) is 2.56. The molecule has 1 aromatic carbocycles. The van der Waals surface area contributed by atoms with Gasteiger partial charge in [-0.1, -0.05) is 26.0 Å². The maximum atomic E-state index is 13.7. The summed E-state index contributed by atoms with van der Waals surface area (Å²) in [5.74, 6) is -0.692. The van der Waals surface area contributed by atoms with E-state index in [0.717, 1.165) is 26.7 Å². The molecule has 0 unspecified atom stereocenters. The van der Waals surface area contributed by atoms with E-state index in [1.807, 2.05) is 31.4 Å². The summed E-state index contributed by atoms with van der Waals surface area (Å²) in [5, 5.41) is 0. The zero-order valence-corrected chi connectivity index (χ0v) is 22.0. The number of methoxy groups -OCH3 is 1. The minimum absolute atomic E-state index is 0.0272. The third kappa shape index (κ3) is 6.08. The van der Waals surface area contributed by atoms with Crippen molar-refractivity contribution in [3.05, 3.63) is 54.1 Å². The Morgan fingerprint density at radius 2 is 1.83 bits per heavy atom. The molecule has 0 radical (unpaired) electrons. The average molecular weight is 517 g/mol. The Balaban J connectivity index is 1.95. The smallest absolute Gasteiger partial charge is 0.324 e. The van der Waals surface area contributed by atoms with Crippen molar-refractivity contribution in [3.63, 3.8) is 0 Å². The maximum Gasteiger partial charge on any atom is 0.324 e. The molecular formula is C25H32N4O6S. The van der Waals surface area contributed by atoms with Gasteiger partial charge in [-0.2, -0.15) is 4.31 Å². The van der Waals surface area contributed by atoms with Crippen molar-refractivity contribution < 1.29 is 27.5 Å². The number of carbonyl (C=O) groups excluding carboxylic acids is 2. The first-order valence-corrected chi connectivity index (χ1v) is 13.1. The molecule has 0 spiro atoms. The van der Waals surface area contributed by atoms with Gasteiger partial charge >= 0.3 is 11.9 Å². The lowest BCUT2D eigenvalue weighted by Crippen LogP contribution is -2.49. The molecule has 3 rings (SSSR count). The average Bonchev–Trinajstić information content (AvgIpc) is 3.16. The van der Waals surface area contributed by atoms with E-state index in [1.165, 1.54) is 19.2 Å². The number of pyridine rings is 1. The molecule has 0 saturated carbocycles. The minimum atomic E-state index is -4.23.